The third-order valence-electron chi connectivity index (χ3n) is 12.3. The Morgan fingerprint density at radius 3 is 1.85 bits per heavy atom. The van der Waals surface area contributed by atoms with E-state index in [1.165, 1.54) is 45.5 Å². The van der Waals surface area contributed by atoms with Gasteiger partial charge in [-0.2, -0.15) is 38.2 Å². The number of rotatable bonds is 11. The van der Waals surface area contributed by atoms with Crippen LogP contribution in [0.15, 0.2) is 146 Å². The van der Waals surface area contributed by atoms with Gasteiger partial charge in [0.25, 0.3) is 36.2 Å². The van der Waals surface area contributed by atoms with Crippen LogP contribution in [0.2, 0.25) is 0 Å². The van der Waals surface area contributed by atoms with E-state index in [0.29, 0.717) is 80.4 Å². The number of thioether (sulfide) groups is 1. The van der Waals surface area contributed by atoms with Crippen molar-refractivity contribution in [2.75, 3.05) is 22.4 Å². The fourth-order valence-electron chi connectivity index (χ4n) is 9.43. The average Bonchev–Trinajstić information content (AvgIpc) is 3.55. The minimum Gasteiger partial charge on any atom is -0.399 e. The van der Waals surface area contributed by atoms with E-state index in [1.54, 1.807) is 48.5 Å². The molecule has 0 fully saturated rings. The lowest BCUT2D eigenvalue weighted by molar-refractivity contribution is -0.415. The van der Waals surface area contributed by atoms with Gasteiger partial charge in [-0.05, 0) is 138 Å². The molecule has 3 aliphatic rings. The Morgan fingerprint density at radius 1 is 0.682 bits per heavy atom. The van der Waals surface area contributed by atoms with Crippen molar-refractivity contribution in [3.8, 4) is 0 Å². The molecule has 0 aromatic heterocycles. The zero-order valence-electron chi connectivity index (χ0n) is 36.0. The van der Waals surface area contributed by atoms with Crippen molar-refractivity contribution in [1.29, 1.82) is 0 Å². The van der Waals surface area contributed by atoms with Crippen molar-refractivity contribution in [2.45, 2.75) is 72.5 Å². The highest BCUT2D eigenvalue weighted by atomic mass is 32.2. The number of hydrogen-bond acceptors (Lipinski definition) is 11. The summed E-state index contributed by atoms with van der Waals surface area (Å²) in [6.07, 6.45) is 9.43. The summed E-state index contributed by atoms with van der Waals surface area (Å²) in [4.78, 5) is 2.67. The summed E-state index contributed by atoms with van der Waals surface area (Å²) < 4.78 is 140. The van der Waals surface area contributed by atoms with Gasteiger partial charge in [-0.3, -0.25) is 18.2 Å². The SMILES string of the molecule is CC1(C)C(=CC=C2CCCC(C=CC3=[N+](CS(=O)(=O)O)c4ccc5cc(S(=O)(=O)O)ccc5c4C3(C)C)=C2Sc2ccc(N)cc2)N(CS(=O)(=O)O)c2ccc3cc(S(=O)(=O)O)ccc3c21. The minimum atomic E-state index is -4.58. The lowest BCUT2D eigenvalue weighted by Crippen LogP contribution is -2.30. The Hall–Kier alpha value is -5.16. The normalized spacial score (nSPS) is 18.9. The number of fused-ring (bicyclic) bond motifs is 6. The van der Waals surface area contributed by atoms with Gasteiger partial charge in [0.2, 0.25) is 5.69 Å². The van der Waals surface area contributed by atoms with Crippen LogP contribution >= 0.6 is 11.8 Å². The van der Waals surface area contributed by atoms with Crippen molar-refractivity contribution in [3.05, 3.63) is 142 Å². The average molecular weight is 993 g/mol. The fraction of sp³-hybridized carbons (Fsp3) is 0.239. The molecule has 15 nitrogen and oxygen atoms in total. The molecule has 0 spiro atoms. The van der Waals surface area contributed by atoms with E-state index in [-0.39, 0.29) is 9.79 Å². The molecule has 8 rings (SSSR count). The fourth-order valence-corrected chi connectivity index (χ4v) is 12.8. The Balaban J connectivity index is 1.28. The van der Waals surface area contributed by atoms with Gasteiger partial charge in [0.05, 0.1) is 15.2 Å². The van der Waals surface area contributed by atoms with Crippen LogP contribution in [0.25, 0.3) is 21.5 Å². The summed E-state index contributed by atoms with van der Waals surface area (Å²) in [5.74, 6) is -1.53. The van der Waals surface area contributed by atoms with Crippen molar-refractivity contribution < 1.29 is 56.5 Å². The Labute approximate surface area is 387 Å². The number of anilines is 2. The first kappa shape index (κ1) is 47.3. The van der Waals surface area contributed by atoms with Gasteiger partial charge in [-0.15, -0.1) is 0 Å². The minimum absolute atomic E-state index is 0.294. The third kappa shape index (κ3) is 9.13. The van der Waals surface area contributed by atoms with Crippen LogP contribution in [0.3, 0.4) is 0 Å². The maximum absolute atomic E-state index is 12.6. The van der Waals surface area contributed by atoms with Gasteiger partial charge in [0.1, 0.15) is 0 Å². The van der Waals surface area contributed by atoms with E-state index in [2.05, 4.69) is 0 Å². The van der Waals surface area contributed by atoms with Crippen molar-refractivity contribution >= 4 is 96.6 Å². The molecule has 5 aromatic carbocycles. The lowest BCUT2D eigenvalue weighted by atomic mass is 9.78. The molecule has 20 heteroatoms. The molecule has 0 unspecified atom stereocenters. The number of nitrogen functional groups attached to an aromatic ring is 1. The monoisotopic (exact) mass is 992 g/mol. The quantitative estimate of drug-likeness (QED) is 0.0472. The Bertz CT molecular complexity index is 3540. The molecule has 66 heavy (non-hydrogen) atoms. The zero-order chi connectivity index (χ0) is 47.9. The van der Waals surface area contributed by atoms with Gasteiger partial charge in [-0.25, -0.2) is 0 Å². The van der Waals surface area contributed by atoms with Gasteiger partial charge in [-0.1, -0.05) is 56.0 Å². The summed E-state index contributed by atoms with van der Waals surface area (Å²) in [6.45, 7) is 7.61. The van der Waals surface area contributed by atoms with Crippen LogP contribution in [-0.2, 0) is 51.3 Å². The molecule has 0 bridgehead atoms. The number of allylic oxidation sites excluding steroid dienone is 7. The van der Waals surface area contributed by atoms with Gasteiger partial charge >= 0.3 is 10.1 Å². The molecule has 0 radical (unpaired) electrons. The number of nitrogens with zero attached hydrogens (tertiary/aromatic N) is 2. The smallest absolute Gasteiger partial charge is 0.326 e. The topological polar surface area (TPSA) is 250 Å². The second-order valence-electron chi connectivity index (χ2n) is 17.5. The van der Waals surface area contributed by atoms with Crippen LogP contribution in [0.4, 0.5) is 17.1 Å². The molecule has 0 saturated heterocycles. The summed E-state index contributed by atoms with van der Waals surface area (Å²) in [5, 5.41) is 2.25. The van der Waals surface area contributed by atoms with E-state index in [4.69, 9.17) is 5.73 Å². The maximum atomic E-state index is 12.6. The van der Waals surface area contributed by atoms with Crippen LogP contribution in [0.1, 0.15) is 58.1 Å². The summed E-state index contributed by atoms with van der Waals surface area (Å²) in [6, 6.07) is 22.3. The Kier molecular flexibility index (Phi) is 11.9. The standard InChI is InChI=1S/C46H45N3O12S5/c1-45(2)40(48(26-63(50,51)52)38-20-8-30-24-34(65(56,57)58)16-18-36(30)42(38)45)22-10-28-6-5-7-29(44(28)62-33-14-12-32(47)13-15-33)11-23-41-46(3,4)43-37-19-17-35(66(59,60)61)25-31(37)9-21-39(43)49(41)27-64(53,54)55/h8-25H,5-7,26-27,47H2,1-4H3,(H3-,50,51,52,53,54,55,56,57,58,59,60,61)/p+1. The first-order valence-electron chi connectivity index (χ1n) is 20.4. The van der Waals surface area contributed by atoms with Gasteiger partial charge < -0.3 is 10.6 Å². The molecule has 346 valence electrons. The van der Waals surface area contributed by atoms with Crippen LogP contribution in [0.5, 0.6) is 0 Å². The lowest BCUT2D eigenvalue weighted by Gasteiger charge is -2.27. The van der Waals surface area contributed by atoms with Crippen LogP contribution in [0, 0.1) is 0 Å². The highest BCUT2D eigenvalue weighted by Gasteiger charge is 2.47. The zero-order valence-corrected chi connectivity index (χ0v) is 40.1. The second-order valence-corrected chi connectivity index (χ2v) is 24.3. The highest BCUT2D eigenvalue weighted by Crippen LogP contribution is 2.52. The first-order chi connectivity index (χ1) is 30.6. The van der Waals surface area contributed by atoms with Crippen LogP contribution in [-0.4, -0.2) is 73.9 Å². The van der Waals surface area contributed by atoms with E-state index in [1.807, 2.05) is 64.1 Å². The van der Waals surface area contributed by atoms with Gasteiger partial charge in [0.15, 0.2) is 11.6 Å². The molecule has 1 aliphatic carbocycles. The third-order valence-corrected chi connectivity index (χ3v) is 16.4. The molecule has 0 amide bonds. The molecule has 2 aliphatic heterocycles. The molecule has 6 N–H and O–H groups in total. The largest absolute Gasteiger partial charge is 0.399 e. The summed E-state index contributed by atoms with van der Waals surface area (Å²) in [7, 11) is -18.2. The number of nitrogens with two attached hydrogens (primary N) is 1. The molecule has 0 saturated carbocycles. The molecule has 5 aromatic rings. The van der Waals surface area contributed by atoms with E-state index < -0.39 is 63.1 Å². The van der Waals surface area contributed by atoms with Gasteiger partial charge in [0, 0.05) is 50.0 Å². The number of benzene rings is 5. The molecular formula is C46H46N3O12S5+. The van der Waals surface area contributed by atoms with Crippen molar-refractivity contribution in [2.24, 2.45) is 0 Å². The highest BCUT2D eigenvalue weighted by molar-refractivity contribution is 8.03. The first-order valence-corrected chi connectivity index (χ1v) is 27.3. The molecule has 2 heterocycles. The second kappa shape index (κ2) is 16.6. The van der Waals surface area contributed by atoms with Crippen molar-refractivity contribution in [3.63, 3.8) is 0 Å². The predicted octanol–water partition coefficient (Wildman–Crippen LogP) is 8.53. The maximum Gasteiger partial charge on any atom is 0.326 e. The predicted molar refractivity (Wildman–Crippen MR) is 257 cm³/mol. The Morgan fingerprint density at radius 2 is 1.27 bits per heavy atom. The number of hydrogen-bond donors (Lipinski definition) is 5. The van der Waals surface area contributed by atoms with Crippen molar-refractivity contribution in [1.82, 2.24) is 0 Å². The van der Waals surface area contributed by atoms with E-state index >= 15 is 0 Å². The van der Waals surface area contributed by atoms with Crippen LogP contribution < -0.4 is 10.6 Å². The molecule has 0 atom stereocenters. The summed E-state index contributed by atoms with van der Waals surface area (Å²) >= 11 is 1.49. The molecular weight excluding hydrogens is 947 g/mol. The van der Waals surface area contributed by atoms with E-state index in [9.17, 15) is 51.9 Å². The summed E-state index contributed by atoms with van der Waals surface area (Å²) in [5.41, 5.74) is 10.0. The van der Waals surface area contributed by atoms with E-state index in [0.717, 1.165) is 20.9 Å².